The van der Waals surface area contributed by atoms with Crippen LogP contribution in [0.4, 0.5) is 5.69 Å². The number of sulfonamides is 1. The van der Waals surface area contributed by atoms with Crippen LogP contribution in [0.15, 0.2) is 39.7 Å². The van der Waals surface area contributed by atoms with Gasteiger partial charge in [0.1, 0.15) is 9.23 Å². The van der Waals surface area contributed by atoms with Crippen molar-refractivity contribution in [3.63, 3.8) is 0 Å². The van der Waals surface area contributed by atoms with Crippen LogP contribution in [0.5, 0.6) is 0 Å². The molecule has 0 fully saturated rings. The highest BCUT2D eigenvalue weighted by atomic mass is 79.9. The monoisotopic (exact) mass is 394 g/mol. The molecule has 4 nitrogen and oxygen atoms in total. The lowest BCUT2D eigenvalue weighted by molar-refractivity contribution is 0.588. The summed E-state index contributed by atoms with van der Waals surface area (Å²) in [6.45, 7) is 0.506. The zero-order chi connectivity index (χ0) is 14.8. The maximum absolute atomic E-state index is 11.9. The van der Waals surface area contributed by atoms with Crippen molar-refractivity contribution in [1.29, 1.82) is 0 Å². The fourth-order valence-corrected chi connectivity index (χ4v) is 4.26. The number of rotatable bonds is 5. The smallest absolute Gasteiger partial charge is 0.242 e. The average Bonchev–Trinajstić information content (AvgIpc) is 2.76. The van der Waals surface area contributed by atoms with Gasteiger partial charge in [-0.25, -0.2) is 13.1 Å². The second-order valence-electron chi connectivity index (χ2n) is 3.89. The summed E-state index contributed by atoms with van der Waals surface area (Å²) < 4.78 is 27.7. The van der Waals surface area contributed by atoms with Gasteiger partial charge in [-0.05, 0) is 41.2 Å². The van der Waals surface area contributed by atoms with Crippen LogP contribution >= 0.6 is 38.9 Å². The summed E-state index contributed by atoms with van der Waals surface area (Å²) in [7, 11) is -2.09. The highest BCUT2D eigenvalue weighted by molar-refractivity contribution is 9.10. The first-order valence-corrected chi connectivity index (χ1v) is 9.11. The second-order valence-corrected chi connectivity index (χ2v) is 8.34. The van der Waals surface area contributed by atoms with E-state index in [9.17, 15) is 8.42 Å². The highest BCUT2D eigenvalue weighted by Crippen LogP contribution is 2.32. The molecular formula is C12H12BrClN2O2S2. The number of hydrogen-bond acceptors (Lipinski definition) is 4. The van der Waals surface area contributed by atoms with Crippen LogP contribution in [0.25, 0.3) is 0 Å². The number of anilines is 1. The van der Waals surface area contributed by atoms with Crippen LogP contribution < -0.4 is 10.0 Å². The molecule has 2 aromatic rings. The first-order valence-electron chi connectivity index (χ1n) is 5.64. The van der Waals surface area contributed by atoms with Crippen molar-refractivity contribution < 1.29 is 8.42 Å². The lowest BCUT2D eigenvalue weighted by atomic mass is 10.3. The number of hydrogen-bond donors (Lipinski definition) is 2. The molecule has 0 amide bonds. The van der Waals surface area contributed by atoms with Gasteiger partial charge >= 0.3 is 0 Å². The van der Waals surface area contributed by atoms with Gasteiger partial charge in [0.2, 0.25) is 10.0 Å². The van der Waals surface area contributed by atoms with Crippen molar-refractivity contribution in [3.05, 3.63) is 44.0 Å². The van der Waals surface area contributed by atoms with Crippen LogP contribution in [0.1, 0.15) is 4.88 Å². The molecule has 2 rings (SSSR count). The van der Waals surface area contributed by atoms with Gasteiger partial charge in [-0.1, -0.05) is 23.7 Å². The molecule has 8 heteroatoms. The fraction of sp³-hybridized carbons (Fsp3) is 0.167. The van der Waals surface area contributed by atoms with E-state index in [4.69, 9.17) is 11.6 Å². The van der Waals surface area contributed by atoms with Crippen LogP contribution in [-0.2, 0) is 16.6 Å². The van der Waals surface area contributed by atoms with E-state index in [0.717, 1.165) is 9.35 Å². The van der Waals surface area contributed by atoms with Gasteiger partial charge in [0, 0.05) is 15.9 Å². The standard InChI is InChI=1S/C12H12BrClN2O2S2/c1-15-20(17,18)11-5-3-2-4-10(11)16-7-8-6-9(13)12(14)19-8/h2-6,15-16H,7H2,1H3. The number of halogens is 2. The molecule has 0 aliphatic carbocycles. The highest BCUT2D eigenvalue weighted by Gasteiger charge is 2.16. The Kier molecular flexibility index (Phi) is 5.09. The van der Waals surface area contributed by atoms with E-state index >= 15 is 0 Å². The number of para-hydroxylation sites is 1. The molecular weight excluding hydrogens is 384 g/mol. The van der Waals surface area contributed by atoms with E-state index in [1.165, 1.54) is 18.4 Å². The Bertz CT molecular complexity index is 696. The van der Waals surface area contributed by atoms with Crippen LogP contribution in [-0.4, -0.2) is 15.5 Å². The van der Waals surface area contributed by atoms with Crippen molar-refractivity contribution >= 4 is 54.6 Å². The molecule has 0 saturated heterocycles. The van der Waals surface area contributed by atoms with Crippen molar-refractivity contribution in [2.75, 3.05) is 12.4 Å². The number of thiophene rings is 1. The van der Waals surface area contributed by atoms with Gasteiger partial charge in [0.25, 0.3) is 0 Å². The molecule has 1 aromatic heterocycles. The van der Waals surface area contributed by atoms with E-state index in [2.05, 4.69) is 26.0 Å². The lowest BCUT2D eigenvalue weighted by Gasteiger charge is -2.11. The SMILES string of the molecule is CNS(=O)(=O)c1ccccc1NCc1cc(Br)c(Cl)s1. The Morgan fingerprint density at radius 3 is 2.65 bits per heavy atom. The van der Waals surface area contributed by atoms with E-state index in [-0.39, 0.29) is 4.90 Å². The first kappa shape index (κ1) is 15.8. The van der Waals surface area contributed by atoms with Gasteiger partial charge in [0.05, 0.1) is 5.69 Å². The minimum atomic E-state index is -3.48. The molecule has 2 N–H and O–H groups in total. The molecule has 0 unspecified atom stereocenters. The maximum Gasteiger partial charge on any atom is 0.242 e. The van der Waals surface area contributed by atoms with E-state index < -0.39 is 10.0 Å². The molecule has 0 aliphatic rings. The van der Waals surface area contributed by atoms with Gasteiger partial charge < -0.3 is 5.32 Å². The summed E-state index contributed by atoms with van der Waals surface area (Å²) in [6.07, 6.45) is 0. The van der Waals surface area contributed by atoms with Gasteiger partial charge in [0.15, 0.2) is 0 Å². The summed E-state index contributed by atoms with van der Waals surface area (Å²) >= 11 is 10.8. The first-order chi connectivity index (χ1) is 9.44. The molecule has 1 heterocycles. The third-order valence-corrected chi connectivity index (χ3v) is 6.54. The molecule has 20 heavy (non-hydrogen) atoms. The third-order valence-electron chi connectivity index (χ3n) is 2.59. The van der Waals surface area contributed by atoms with Crippen molar-refractivity contribution in [2.45, 2.75) is 11.4 Å². The van der Waals surface area contributed by atoms with Gasteiger partial charge in [-0.3, -0.25) is 0 Å². The predicted octanol–water partition coefficient (Wildman–Crippen LogP) is 3.68. The summed E-state index contributed by atoms with van der Waals surface area (Å²) in [5.41, 5.74) is 0.558. The number of benzene rings is 1. The molecule has 0 saturated carbocycles. The van der Waals surface area contributed by atoms with Crippen LogP contribution in [0.3, 0.4) is 0 Å². The van der Waals surface area contributed by atoms with E-state index in [1.54, 1.807) is 24.3 Å². The summed E-state index contributed by atoms with van der Waals surface area (Å²) in [6, 6.07) is 8.68. The fourth-order valence-electron chi connectivity index (χ4n) is 1.62. The maximum atomic E-state index is 11.9. The van der Waals surface area contributed by atoms with E-state index in [1.807, 2.05) is 6.07 Å². The third kappa shape index (κ3) is 3.53. The molecule has 0 spiro atoms. The Morgan fingerprint density at radius 2 is 2.05 bits per heavy atom. The molecule has 0 radical (unpaired) electrons. The quantitative estimate of drug-likeness (QED) is 0.812. The van der Waals surface area contributed by atoms with Crippen LogP contribution in [0, 0.1) is 0 Å². The van der Waals surface area contributed by atoms with Gasteiger partial charge in [-0.15, -0.1) is 11.3 Å². The molecule has 108 valence electrons. The summed E-state index contributed by atoms with van der Waals surface area (Å²) in [4.78, 5) is 1.24. The minimum absolute atomic E-state index is 0.226. The zero-order valence-electron chi connectivity index (χ0n) is 10.5. The summed E-state index contributed by atoms with van der Waals surface area (Å²) in [5, 5.41) is 3.12. The molecule has 0 atom stereocenters. The molecule has 0 bridgehead atoms. The van der Waals surface area contributed by atoms with Crippen molar-refractivity contribution in [3.8, 4) is 0 Å². The Hall–Kier alpha value is -0.600. The Labute approximate surface area is 135 Å². The topological polar surface area (TPSA) is 58.2 Å². The molecule has 0 aliphatic heterocycles. The van der Waals surface area contributed by atoms with Crippen LogP contribution in [0.2, 0.25) is 4.34 Å². The zero-order valence-corrected chi connectivity index (χ0v) is 14.5. The second kappa shape index (κ2) is 6.44. The van der Waals surface area contributed by atoms with Crippen molar-refractivity contribution in [1.82, 2.24) is 4.72 Å². The van der Waals surface area contributed by atoms with Gasteiger partial charge in [-0.2, -0.15) is 0 Å². The predicted molar refractivity (Wildman–Crippen MR) is 87.0 cm³/mol. The lowest BCUT2D eigenvalue weighted by Crippen LogP contribution is -2.20. The van der Waals surface area contributed by atoms with Crippen molar-refractivity contribution in [2.24, 2.45) is 0 Å². The minimum Gasteiger partial charge on any atom is -0.379 e. The Balaban J connectivity index is 2.22. The molecule has 1 aromatic carbocycles. The number of nitrogens with one attached hydrogen (secondary N) is 2. The largest absolute Gasteiger partial charge is 0.379 e. The summed E-state index contributed by atoms with van der Waals surface area (Å²) in [5.74, 6) is 0. The normalized spacial score (nSPS) is 11.6. The van der Waals surface area contributed by atoms with E-state index in [0.29, 0.717) is 16.6 Å². The average molecular weight is 396 g/mol. The Morgan fingerprint density at radius 1 is 1.35 bits per heavy atom.